The third-order valence-electron chi connectivity index (χ3n) is 2.13. The van der Waals surface area contributed by atoms with E-state index in [1.54, 1.807) is 19.4 Å². The van der Waals surface area contributed by atoms with Gasteiger partial charge in [-0.2, -0.15) is 10.4 Å². The fourth-order valence-electron chi connectivity index (χ4n) is 1.35. The average Bonchev–Trinajstić information content (AvgIpc) is 2.32. The molecule has 0 aliphatic carbocycles. The number of hydrazone groups is 1. The van der Waals surface area contributed by atoms with Crippen molar-refractivity contribution in [2.24, 2.45) is 5.10 Å². The molecule has 0 aromatic heterocycles. The second-order valence-corrected chi connectivity index (χ2v) is 3.00. The van der Waals surface area contributed by atoms with Gasteiger partial charge in [-0.25, -0.2) is 5.01 Å². The summed E-state index contributed by atoms with van der Waals surface area (Å²) >= 11 is 0. The van der Waals surface area contributed by atoms with Crippen LogP contribution in [0, 0.1) is 11.3 Å². The Morgan fingerprint density at radius 1 is 1.62 bits per heavy atom. The van der Waals surface area contributed by atoms with Crippen LogP contribution in [0.5, 0.6) is 5.75 Å². The predicted octanol–water partition coefficient (Wildman–Crippen LogP) is 2.33. The molecule has 0 saturated carbocycles. The molecule has 0 spiro atoms. The average molecular weight is 215 g/mol. The molecule has 0 aliphatic heterocycles. The number of benzene rings is 1. The zero-order chi connectivity index (χ0) is 12.0. The molecule has 0 N–H and O–H groups in total. The maximum absolute atomic E-state index is 8.65. The Balaban J connectivity index is 3.13. The first kappa shape index (κ1) is 11.8. The lowest BCUT2D eigenvalue weighted by Crippen LogP contribution is -2.06. The monoisotopic (exact) mass is 215 g/mol. The van der Waals surface area contributed by atoms with E-state index in [0.29, 0.717) is 12.2 Å². The van der Waals surface area contributed by atoms with Gasteiger partial charge in [-0.3, -0.25) is 0 Å². The molecule has 4 heteroatoms. The van der Waals surface area contributed by atoms with Gasteiger partial charge >= 0.3 is 0 Å². The molecule has 82 valence electrons. The van der Waals surface area contributed by atoms with E-state index in [1.807, 2.05) is 12.1 Å². The van der Waals surface area contributed by atoms with Crippen molar-refractivity contribution in [3.8, 4) is 11.8 Å². The summed E-state index contributed by atoms with van der Waals surface area (Å²) in [5.41, 5.74) is 1.64. The van der Waals surface area contributed by atoms with Crippen molar-refractivity contribution in [1.82, 2.24) is 0 Å². The Labute approximate surface area is 95.1 Å². The summed E-state index contributed by atoms with van der Waals surface area (Å²) < 4.78 is 5.20. The van der Waals surface area contributed by atoms with E-state index >= 15 is 0 Å². The van der Waals surface area contributed by atoms with Gasteiger partial charge in [-0.05, 0) is 6.07 Å². The predicted molar refractivity (Wildman–Crippen MR) is 64.5 cm³/mol. The van der Waals surface area contributed by atoms with Gasteiger partial charge in [0, 0.05) is 24.5 Å². The van der Waals surface area contributed by atoms with E-state index in [2.05, 4.69) is 24.5 Å². The zero-order valence-corrected chi connectivity index (χ0v) is 9.18. The van der Waals surface area contributed by atoms with Crippen molar-refractivity contribution >= 4 is 12.4 Å². The maximum atomic E-state index is 8.65. The second kappa shape index (κ2) is 5.56. The minimum atomic E-state index is 0.319. The standard InChI is InChI=1S/C12H13N3O/c1-4-15(14-2)11-6-5-10(7-8-13)12(9-11)16-3/h4-6,9H,1-2,7H2,3H3. The van der Waals surface area contributed by atoms with Gasteiger partial charge in [0.2, 0.25) is 0 Å². The summed E-state index contributed by atoms with van der Waals surface area (Å²) in [6.45, 7) is 7.06. The number of nitriles is 1. The van der Waals surface area contributed by atoms with Gasteiger partial charge in [0.05, 0.1) is 25.3 Å². The summed E-state index contributed by atoms with van der Waals surface area (Å²) in [6, 6.07) is 7.55. The molecule has 1 aromatic rings. The van der Waals surface area contributed by atoms with Crippen molar-refractivity contribution in [3.05, 3.63) is 36.5 Å². The van der Waals surface area contributed by atoms with Crippen LogP contribution in [0.4, 0.5) is 5.69 Å². The number of anilines is 1. The molecule has 0 radical (unpaired) electrons. The highest BCUT2D eigenvalue weighted by Gasteiger charge is 2.06. The fourth-order valence-corrected chi connectivity index (χ4v) is 1.35. The molecule has 1 aromatic carbocycles. The minimum absolute atomic E-state index is 0.319. The highest BCUT2D eigenvalue weighted by molar-refractivity contribution is 5.56. The van der Waals surface area contributed by atoms with Crippen LogP contribution in [0.25, 0.3) is 0 Å². The van der Waals surface area contributed by atoms with E-state index in [0.717, 1.165) is 11.3 Å². The van der Waals surface area contributed by atoms with Crippen molar-refractivity contribution in [2.75, 3.05) is 12.1 Å². The summed E-state index contributed by atoms with van der Waals surface area (Å²) in [5.74, 6) is 0.662. The number of methoxy groups -OCH3 is 1. The van der Waals surface area contributed by atoms with E-state index in [1.165, 1.54) is 5.01 Å². The van der Waals surface area contributed by atoms with E-state index in [-0.39, 0.29) is 0 Å². The van der Waals surface area contributed by atoms with Crippen LogP contribution in [-0.2, 0) is 6.42 Å². The van der Waals surface area contributed by atoms with Gasteiger partial charge in [-0.15, -0.1) is 0 Å². The number of hydrogen-bond acceptors (Lipinski definition) is 4. The minimum Gasteiger partial charge on any atom is -0.496 e. The van der Waals surface area contributed by atoms with E-state index < -0.39 is 0 Å². The number of nitrogens with zero attached hydrogens (tertiary/aromatic N) is 3. The molecule has 16 heavy (non-hydrogen) atoms. The fraction of sp³-hybridized carbons (Fsp3) is 0.167. The highest BCUT2D eigenvalue weighted by atomic mass is 16.5. The molecular formula is C12H13N3O. The van der Waals surface area contributed by atoms with Crippen LogP contribution in [0.2, 0.25) is 0 Å². The lowest BCUT2D eigenvalue weighted by molar-refractivity contribution is 0.411. The summed E-state index contributed by atoms with van der Waals surface area (Å²) in [6.07, 6.45) is 1.87. The van der Waals surface area contributed by atoms with E-state index in [4.69, 9.17) is 10.00 Å². The normalized spacial score (nSPS) is 9.00. The summed E-state index contributed by atoms with van der Waals surface area (Å²) in [7, 11) is 1.57. The second-order valence-electron chi connectivity index (χ2n) is 3.00. The molecule has 0 saturated heterocycles. The Morgan fingerprint density at radius 2 is 2.38 bits per heavy atom. The van der Waals surface area contributed by atoms with Crippen LogP contribution in [0.15, 0.2) is 36.1 Å². The van der Waals surface area contributed by atoms with Crippen LogP contribution in [-0.4, -0.2) is 13.8 Å². The van der Waals surface area contributed by atoms with Crippen molar-refractivity contribution in [3.63, 3.8) is 0 Å². The Kier molecular flexibility index (Phi) is 4.10. The largest absolute Gasteiger partial charge is 0.496 e. The number of hydrogen-bond donors (Lipinski definition) is 0. The summed E-state index contributed by atoms with van der Waals surface area (Å²) in [4.78, 5) is 0. The number of rotatable bonds is 5. The first-order chi connectivity index (χ1) is 7.76. The first-order valence-corrected chi connectivity index (χ1v) is 4.69. The van der Waals surface area contributed by atoms with Gasteiger partial charge in [0.25, 0.3) is 0 Å². The molecule has 0 atom stereocenters. The zero-order valence-electron chi connectivity index (χ0n) is 9.18. The van der Waals surface area contributed by atoms with Crippen LogP contribution < -0.4 is 9.75 Å². The highest BCUT2D eigenvalue weighted by Crippen LogP contribution is 2.26. The molecule has 1 rings (SSSR count). The number of ether oxygens (including phenoxy) is 1. The Hall–Kier alpha value is -2.28. The molecule has 0 unspecified atom stereocenters. The van der Waals surface area contributed by atoms with Crippen LogP contribution in [0.3, 0.4) is 0 Å². The molecule has 0 aliphatic rings. The van der Waals surface area contributed by atoms with Crippen molar-refractivity contribution < 1.29 is 4.74 Å². The molecule has 0 amide bonds. The lowest BCUT2D eigenvalue weighted by atomic mass is 10.1. The Morgan fingerprint density at radius 3 is 2.88 bits per heavy atom. The third kappa shape index (κ3) is 2.39. The van der Waals surface area contributed by atoms with Crippen molar-refractivity contribution in [1.29, 1.82) is 5.26 Å². The van der Waals surface area contributed by atoms with Crippen LogP contribution in [0.1, 0.15) is 5.56 Å². The van der Waals surface area contributed by atoms with Gasteiger partial charge in [0.15, 0.2) is 0 Å². The Bertz CT molecular complexity index is 426. The van der Waals surface area contributed by atoms with E-state index in [9.17, 15) is 0 Å². The first-order valence-electron chi connectivity index (χ1n) is 4.69. The van der Waals surface area contributed by atoms with Crippen molar-refractivity contribution in [2.45, 2.75) is 6.42 Å². The molecule has 0 bridgehead atoms. The molecule has 0 fully saturated rings. The maximum Gasteiger partial charge on any atom is 0.125 e. The van der Waals surface area contributed by atoms with Gasteiger partial charge in [0.1, 0.15) is 5.75 Å². The molecule has 4 nitrogen and oxygen atoms in total. The lowest BCUT2D eigenvalue weighted by Gasteiger charge is -2.15. The SMILES string of the molecule is C=CN(N=C)c1ccc(CC#N)c(OC)c1. The smallest absolute Gasteiger partial charge is 0.125 e. The van der Waals surface area contributed by atoms with Crippen LogP contribution >= 0.6 is 0 Å². The molecule has 0 heterocycles. The topological polar surface area (TPSA) is 48.6 Å². The quantitative estimate of drug-likeness (QED) is 0.559. The van der Waals surface area contributed by atoms with Gasteiger partial charge in [-0.1, -0.05) is 12.6 Å². The van der Waals surface area contributed by atoms with Gasteiger partial charge < -0.3 is 4.74 Å². The third-order valence-corrected chi connectivity index (χ3v) is 2.13. The molecular weight excluding hydrogens is 202 g/mol. The summed E-state index contributed by atoms with van der Waals surface area (Å²) in [5, 5.41) is 13.9.